The molecule has 0 heterocycles. The number of hydrogen-bond acceptors (Lipinski definition) is 0. The molecular weight excluding hydrogens is 300 g/mol. The molecular formula is C25H46. The van der Waals surface area contributed by atoms with Gasteiger partial charge in [0, 0.05) is 5.41 Å². The monoisotopic (exact) mass is 346 g/mol. The van der Waals surface area contributed by atoms with Gasteiger partial charge < -0.3 is 0 Å². The van der Waals surface area contributed by atoms with Crippen molar-refractivity contribution in [1.82, 2.24) is 0 Å². The molecule has 1 aliphatic carbocycles. The molecule has 0 nitrogen and oxygen atoms in total. The van der Waals surface area contributed by atoms with Crippen LogP contribution in [0.3, 0.4) is 0 Å². The quantitative estimate of drug-likeness (QED) is 0.259. The van der Waals surface area contributed by atoms with E-state index in [-0.39, 0.29) is 0 Å². The molecule has 1 atom stereocenters. The smallest absolute Gasteiger partial charge is 0.0102 e. The minimum Gasteiger partial charge on any atom is -0.0710 e. The van der Waals surface area contributed by atoms with Crippen LogP contribution in [0.5, 0.6) is 0 Å². The highest BCUT2D eigenvalue weighted by atomic mass is 14.4. The van der Waals surface area contributed by atoms with Crippen molar-refractivity contribution in [3.8, 4) is 0 Å². The Morgan fingerprint density at radius 2 is 1.20 bits per heavy atom. The molecule has 0 aromatic carbocycles. The number of unbranched alkanes of at least 4 members (excludes halogenated alkanes) is 8. The lowest BCUT2D eigenvalue weighted by Crippen LogP contribution is -2.20. The van der Waals surface area contributed by atoms with E-state index in [1.807, 2.05) is 5.57 Å². The Morgan fingerprint density at radius 3 is 1.72 bits per heavy atom. The zero-order valence-corrected chi connectivity index (χ0v) is 18.2. The number of allylic oxidation sites excluding steroid dienone is 4. The Kier molecular flexibility index (Phi) is 11.5. The summed E-state index contributed by atoms with van der Waals surface area (Å²) in [5.74, 6) is 0. The molecule has 0 aromatic heterocycles. The zero-order valence-electron chi connectivity index (χ0n) is 18.2. The summed E-state index contributed by atoms with van der Waals surface area (Å²) < 4.78 is 0. The normalized spacial score (nSPS) is 20.4. The lowest BCUT2D eigenvalue weighted by atomic mass is 9.72. The van der Waals surface area contributed by atoms with Gasteiger partial charge >= 0.3 is 0 Å². The van der Waals surface area contributed by atoms with E-state index in [9.17, 15) is 0 Å². The molecule has 1 unspecified atom stereocenters. The maximum Gasteiger partial charge on any atom is 0.0102 e. The molecule has 146 valence electrons. The van der Waals surface area contributed by atoms with E-state index in [1.165, 1.54) is 96.3 Å². The molecule has 0 bridgehead atoms. The van der Waals surface area contributed by atoms with E-state index in [4.69, 9.17) is 0 Å². The van der Waals surface area contributed by atoms with Gasteiger partial charge in [-0.25, -0.2) is 0 Å². The van der Waals surface area contributed by atoms with Crippen molar-refractivity contribution in [2.45, 2.75) is 131 Å². The van der Waals surface area contributed by atoms with Crippen molar-refractivity contribution < 1.29 is 0 Å². The Balaban J connectivity index is 2.78. The van der Waals surface area contributed by atoms with Crippen LogP contribution in [0.2, 0.25) is 0 Å². The maximum absolute atomic E-state index is 2.70. The minimum absolute atomic E-state index is 0.421. The van der Waals surface area contributed by atoms with Gasteiger partial charge in [0.05, 0.1) is 0 Å². The number of hydrogen-bond donors (Lipinski definition) is 0. The standard InChI is InChI=1S/C25H46/c1-6-10-12-14-15-17-20-25(19-16-13-11-7-2)21-22(5)23(9-4)24(25)18-8-3/h21H,6-20H2,1-5H3. The Bertz CT molecular complexity index is 412. The molecule has 0 aliphatic heterocycles. The second-order valence-corrected chi connectivity index (χ2v) is 8.37. The first-order chi connectivity index (χ1) is 12.1. The van der Waals surface area contributed by atoms with Crippen LogP contribution < -0.4 is 0 Å². The second kappa shape index (κ2) is 12.8. The topological polar surface area (TPSA) is 0 Å². The second-order valence-electron chi connectivity index (χ2n) is 8.37. The van der Waals surface area contributed by atoms with Gasteiger partial charge in [-0.2, -0.15) is 0 Å². The van der Waals surface area contributed by atoms with Crippen LogP contribution in [-0.4, -0.2) is 0 Å². The molecule has 0 N–H and O–H groups in total. The largest absolute Gasteiger partial charge is 0.0710 e. The van der Waals surface area contributed by atoms with Gasteiger partial charge in [-0.05, 0) is 38.2 Å². The van der Waals surface area contributed by atoms with E-state index in [0.717, 1.165) is 0 Å². The predicted molar refractivity (Wildman–Crippen MR) is 115 cm³/mol. The maximum atomic E-state index is 2.70. The van der Waals surface area contributed by atoms with Crippen molar-refractivity contribution in [2.24, 2.45) is 5.41 Å². The minimum atomic E-state index is 0.421. The molecule has 0 saturated heterocycles. The van der Waals surface area contributed by atoms with Gasteiger partial charge in [-0.1, -0.05) is 116 Å². The van der Waals surface area contributed by atoms with E-state index in [2.05, 4.69) is 40.7 Å². The Hall–Kier alpha value is -0.520. The average molecular weight is 347 g/mol. The van der Waals surface area contributed by atoms with Gasteiger partial charge in [-0.15, -0.1) is 0 Å². The first-order valence-electron chi connectivity index (χ1n) is 11.6. The summed E-state index contributed by atoms with van der Waals surface area (Å²) in [6, 6.07) is 0. The molecule has 0 fully saturated rings. The van der Waals surface area contributed by atoms with Gasteiger partial charge in [0.1, 0.15) is 0 Å². The molecule has 1 rings (SSSR count). The van der Waals surface area contributed by atoms with Crippen LogP contribution >= 0.6 is 0 Å². The van der Waals surface area contributed by atoms with Crippen LogP contribution in [0, 0.1) is 5.41 Å². The highest BCUT2D eigenvalue weighted by Gasteiger charge is 2.36. The summed E-state index contributed by atoms with van der Waals surface area (Å²) in [5, 5.41) is 0. The summed E-state index contributed by atoms with van der Waals surface area (Å²) in [6.45, 7) is 11.7. The van der Waals surface area contributed by atoms with E-state index in [1.54, 1.807) is 11.1 Å². The fraction of sp³-hybridized carbons (Fsp3) is 0.840. The lowest BCUT2D eigenvalue weighted by molar-refractivity contribution is 0.345. The van der Waals surface area contributed by atoms with Gasteiger partial charge in [0.25, 0.3) is 0 Å². The summed E-state index contributed by atoms with van der Waals surface area (Å²) in [6.07, 6.45) is 23.4. The van der Waals surface area contributed by atoms with Crippen LogP contribution in [0.1, 0.15) is 131 Å². The SMILES string of the molecule is CCCCCCCCC1(CCCCCC)C=C(C)C(CC)=C1CCC. The van der Waals surface area contributed by atoms with Crippen LogP contribution in [-0.2, 0) is 0 Å². The summed E-state index contributed by atoms with van der Waals surface area (Å²) in [7, 11) is 0. The average Bonchev–Trinajstić information content (AvgIpc) is 2.87. The number of rotatable bonds is 15. The highest BCUT2D eigenvalue weighted by molar-refractivity contribution is 5.47. The van der Waals surface area contributed by atoms with Crippen molar-refractivity contribution in [2.75, 3.05) is 0 Å². The summed E-state index contributed by atoms with van der Waals surface area (Å²) in [4.78, 5) is 0. The highest BCUT2D eigenvalue weighted by Crippen LogP contribution is 2.51. The van der Waals surface area contributed by atoms with Crippen molar-refractivity contribution in [3.05, 3.63) is 22.8 Å². The van der Waals surface area contributed by atoms with E-state index >= 15 is 0 Å². The van der Waals surface area contributed by atoms with Crippen molar-refractivity contribution in [1.29, 1.82) is 0 Å². The molecule has 0 heteroatoms. The molecule has 0 aromatic rings. The van der Waals surface area contributed by atoms with E-state index < -0.39 is 0 Å². The Labute approximate surface area is 159 Å². The summed E-state index contributed by atoms with van der Waals surface area (Å²) >= 11 is 0. The molecule has 0 amide bonds. The fourth-order valence-corrected chi connectivity index (χ4v) is 4.93. The first kappa shape index (κ1) is 22.5. The third-order valence-corrected chi connectivity index (χ3v) is 6.24. The van der Waals surface area contributed by atoms with Gasteiger partial charge in [0.2, 0.25) is 0 Å². The molecule has 0 spiro atoms. The third-order valence-electron chi connectivity index (χ3n) is 6.24. The van der Waals surface area contributed by atoms with Crippen LogP contribution in [0.15, 0.2) is 22.8 Å². The van der Waals surface area contributed by atoms with E-state index in [0.29, 0.717) is 5.41 Å². The fourth-order valence-electron chi connectivity index (χ4n) is 4.93. The van der Waals surface area contributed by atoms with Gasteiger partial charge in [-0.3, -0.25) is 0 Å². The molecule has 1 aliphatic rings. The van der Waals surface area contributed by atoms with Crippen LogP contribution in [0.4, 0.5) is 0 Å². The summed E-state index contributed by atoms with van der Waals surface area (Å²) in [5.41, 5.74) is 5.57. The van der Waals surface area contributed by atoms with Crippen LogP contribution in [0.25, 0.3) is 0 Å². The van der Waals surface area contributed by atoms with Crippen molar-refractivity contribution >= 4 is 0 Å². The Morgan fingerprint density at radius 1 is 0.680 bits per heavy atom. The third kappa shape index (κ3) is 6.95. The molecule has 25 heavy (non-hydrogen) atoms. The molecule has 0 radical (unpaired) electrons. The predicted octanol–water partition coefficient (Wildman–Crippen LogP) is 9.16. The van der Waals surface area contributed by atoms with Crippen molar-refractivity contribution in [3.63, 3.8) is 0 Å². The van der Waals surface area contributed by atoms with Gasteiger partial charge in [0.15, 0.2) is 0 Å². The first-order valence-corrected chi connectivity index (χ1v) is 11.6. The molecule has 0 saturated carbocycles. The lowest BCUT2D eigenvalue weighted by Gasteiger charge is -2.32. The zero-order chi connectivity index (χ0) is 18.5.